The van der Waals surface area contributed by atoms with E-state index in [1.807, 2.05) is 0 Å². The number of anilines is 1. The van der Waals surface area contributed by atoms with Crippen LogP contribution in [0.25, 0.3) is 11.3 Å². The second-order valence-corrected chi connectivity index (χ2v) is 6.63. The summed E-state index contributed by atoms with van der Waals surface area (Å²) < 4.78 is 47.8. The fraction of sp³-hybridized carbons (Fsp3) is 0.143. The molecule has 3 aromatic rings. The number of nitrogens with zero attached hydrogens (tertiary/aromatic N) is 3. The van der Waals surface area contributed by atoms with Crippen LogP contribution in [0.2, 0.25) is 0 Å². The van der Waals surface area contributed by atoms with Crippen LogP contribution in [0, 0.1) is 5.82 Å². The molecule has 0 atom stereocenters. The highest BCUT2D eigenvalue weighted by atomic mass is 19.3. The van der Waals surface area contributed by atoms with Crippen molar-refractivity contribution in [3.8, 4) is 22.9 Å². The van der Waals surface area contributed by atoms with E-state index in [0.717, 1.165) is 6.07 Å². The Morgan fingerprint density at radius 1 is 1.16 bits per heavy atom. The van der Waals surface area contributed by atoms with Crippen LogP contribution in [0.15, 0.2) is 48.8 Å². The molecule has 3 heterocycles. The molecule has 32 heavy (non-hydrogen) atoms. The second kappa shape index (κ2) is 8.53. The van der Waals surface area contributed by atoms with E-state index in [1.54, 1.807) is 0 Å². The SMILES string of the molecule is O=C(O)COc1cc(F)ccc1-c1nccc2c1CN(c1ccc(OC(F)F)nc1)C2=O. The summed E-state index contributed by atoms with van der Waals surface area (Å²) in [6.07, 6.45) is 2.63. The van der Waals surface area contributed by atoms with Gasteiger partial charge in [0.05, 0.1) is 24.1 Å². The number of pyridine rings is 2. The molecule has 1 aromatic carbocycles. The van der Waals surface area contributed by atoms with E-state index >= 15 is 0 Å². The van der Waals surface area contributed by atoms with Crippen LogP contribution >= 0.6 is 0 Å². The Kier molecular flexibility index (Phi) is 5.63. The minimum atomic E-state index is -3.02. The number of carboxylic acids is 1. The number of rotatable bonds is 7. The average molecular weight is 445 g/mol. The van der Waals surface area contributed by atoms with Gasteiger partial charge in [0.1, 0.15) is 11.6 Å². The van der Waals surface area contributed by atoms with Gasteiger partial charge in [0.15, 0.2) is 6.61 Å². The zero-order chi connectivity index (χ0) is 22.8. The van der Waals surface area contributed by atoms with Gasteiger partial charge in [-0.15, -0.1) is 0 Å². The van der Waals surface area contributed by atoms with Gasteiger partial charge in [-0.25, -0.2) is 14.2 Å². The molecule has 0 saturated heterocycles. The average Bonchev–Trinajstić information content (AvgIpc) is 3.09. The summed E-state index contributed by atoms with van der Waals surface area (Å²) in [4.78, 5) is 33.3. The molecule has 0 saturated carbocycles. The van der Waals surface area contributed by atoms with Gasteiger partial charge in [-0.1, -0.05) is 0 Å². The number of carbonyl (C=O) groups excluding carboxylic acids is 1. The van der Waals surface area contributed by atoms with Crippen LogP contribution in [0.3, 0.4) is 0 Å². The monoisotopic (exact) mass is 445 g/mol. The van der Waals surface area contributed by atoms with Crippen LogP contribution < -0.4 is 14.4 Å². The number of hydrogen-bond donors (Lipinski definition) is 1. The molecule has 8 nitrogen and oxygen atoms in total. The number of aliphatic carboxylic acids is 1. The summed E-state index contributed by atoms with van der Waals surface area (Å²) >= 11 is 0. The van der Waals surface area contributed by atoms with Crippen molar-refractivity contribution in [1.82, 2.24) is 9.97 Å². The summed E-state index contributed by atoms with van der Waals surface area (Å²) in [7, 11) is 0. The molecule has 4 rings (SSSR count). The highest BCUT2D eigenvalue weighted by Crippen LogP contribution is 2.37. The van der Waals surface area contributed by atoms with Gasteiger partial charge >= 0.3 is 12.6 Å². The Balaban J connectivity index is 1.68. The molecule has 2 aromatic heterocycles. The highest BCUT2D eigenvalue weighted by molar-refractivity contribution is 6.11. The Hall–Kier alpha value is -4.15. The number of carbonyl (C=O) groups is 2. The zero-order valence-corrected chi connectivity index (χ0v) is 16.2. The normalized spacial score (nSPS) is 12.8. The predicted molar refractivity (Wildman–Crippen MR) is 104 cm³/mol. The first-order valence-corrected chi connectivity index (χ1v) is 9.18. The third-order valence-corrected chi connectivity index (χ3v) is 4.64. The first kappa shape index (κ1) is 21.1. The van der Waals surface area contributed by atoms with Crippen molar-refractivity contribution < 1.29 is 37.3 Å². The van der Waals surface area contributed by atoms with Crippen molar-refractivity contribution in [2.24, 2.45) is 0 Å². The summed E-state index contributed by atoms with van der Waals surface area (Å²) in [6, 6.07) is 7.75. The molecule has 164 valence electrons. The largest absolute Gasteiger partial charge is 0.481 e. The van der Waals surface area contributed by atoms with E-state index in [2.05, 4.69) is 14.7 Å². The number of fused-ring (bicyclic) bond motifs is 1. The van der Waals surface area contributed by atoms with Crippen molar-refractivity contribution in [2.45, 2.75) is 13.2 Å². The fourth-order valence-corrected chi connectivity index (χ4v) is 3.31. The van der Waals surface area contributed by atoms with E-state index in [9.17, 15) is 22.8 Å². The van der Waals surface area contributed by atoms with Crippen molar-refractivity contribution in [3.05, 3.63) is 65.7 Å². The molecular weight excluding hydrogens is 431 g/mol. The highest BCUT2D eigenvalue weighted by Gasteiger charge is 2.32. The molecule has 11 heteroatoms. The molecule has 0 bridgehead atoms. The molecule has 0 unspecified atom stereocenters. The van der Waals surface area contributed by atoms with Gasteiger partial charge in [-0.3, -0.25) is 9.78 Å². The van der Waals surface area contributed by atoms with Crippen molar-refractivity contribution in [1.29, 1.82) is 0 Å². The number of halogens is 3. The molecule has 0 aliphatic carbocycles. The summed E-state index contributed by atoms with van der Waals surface area (Å²) in [5.41, 5.74) is 1.83. The van der Waals surface area contributed by atoms with Crippen LogP contribution in [0.4, 0.5) is 18.9 Å². The Morgan fingerprint density at radius 2 is 1.97 bits per heavy atom. The van der Waals surface area contributed by atoms with Gasteiger partial charge in [0.2, 0.25) is 5.88 Å². The van der Waals surface area contributed by atoms with Gasteiger partial charge in [0, 0.05) is 35.0 Å². The van der Waals surface area contributed by atoms with E-state index in [0.29, 0.717) is 28.1 Å². The minimum Gasteiger partial charge on any atom is -0.481 e. The van der Waals surface area contributed by atoms with Crippen molar-refractivity contribution in [2.75, 3.05) is 11.5 Å². The molecule has 1 aliphatic rings. The quantitative estimate of drug-likeness (QED) is 0.594. The summed E-state index contributed by atoms with van der Waals surface area (Å²) in [5, 5.41) is 8.88. The van der Waals surface area contributed by atoms with E-state index in [4.69, 9.17) is 9.84 Å². The molecule has 0 fully saturated rings. The number of ether oxygens (including phenoxy) is 2. The first-order valence-electron chi connectivity index (χ1n) is 9.18. The van der Waals surface area contributed by atoms with E-state index in [-0.39, 0.29) is 24.1 Å². The number of amides is 1. The third-order valence-electron chi connectivity index (χ3n) is 4.64. The van der Waals surface area contributed by atoms with Crippen molar-refractivity contribution in [3.63, 3.8) is 0 Å². The number of aromatic nitrogens is 2. The number of benzene rings is 1. The molecule has 1 N–H and O–H groups in total. The Morgan fingerprint density at radius 3 is 2.66 bits per heavy atom. The molecular formula is C21H14F3N3O5. The lowest BCUT2D eigenvalue weighted by atomic mass is 10.0. The maximum Gasteiger partial charge on any atom is 0.388 e. The number of carboxylic acid groups (broad SMARTS) is 1. The topological polar surface area (TPSA) is 102 Å². The Labute approximate surface area is 178 Å². The zero-order valence-electron chi connectivity index (χ0n) is 16.2. The smallest absolute Gasteiger partial charge is 0.388 e. The lowest BCUT2D eigenvalue weighted by Crippen LogP contribution is -2.23. The standard InChI is InChI=1S/C21H14F3N3O5/c22-11-1-3-14(16(7-11)31-10-18(28)29)19-15-9-27(20(30)13(15)5-6-25-19)12-2-4-17(26-8-12)32-21(23)24/h1-8,21H,9-10H2,(H,28,29). The summed E-state index contributed by atoms with van der Waals surface area (Å²) in [5.74, 6) is -2.56. The maximum atomic E-state index is 13.7. The third kappa shape index (κ3) is 4.17. The number of hydrogen-bond acceptors (Lipinski definition) is 6. The maximum absolute atomic E-state index is 13.7. The van der Waals surface area contributed by atoms with Crippen molar-refractivity contribution >= 4 is 17.6 Å². The van der Waals surface area contributed by atoms with Gasteiger partial charge in [-0.05, 0) is 24.3 Å². The molecule has 1 amide bonds. The lowest BCUT2D eigenvalue weighted by molar-refractivity contribution is -0.139. The van der Waals surface area contributed by atoms with Gasteiger partial charge in [0.25, 0.3) is 5.91 Å². The van der Waals surface area contributed by atoms with E-state index in [1.165, 1.54) is 47.6 Å². The van der Waals surface area contributed by atoms with Crippen LogP contribution in [0.5, 0.6) is 11.6 Å². The van der Waals surface area contributed by atoms with E-state index < -0.39 is 25.0 Å². The molecule has 0 radical (unpaired) electrons. The second-order valence-electron chi connectivity index (χ2n) is 6.63. The molecule has 0 spiro atoms. The minimum absolute atomic E-state index is 0.0330. The fourth-order valence-electron chi connectivity index (χ4n) is 3.31. The lowest BCUT2D eigenvalue weighted by Gasteiger charge is -2.16. The Bertz CT molecular complexity index is 1190. The van der Waals surface area contributed by atoms with Crippen LogP contribution in [-0.2, 0) is 11.3 Å². The van der Waals surface area contributed by atoms with Gasteiger partial charge in [-0.2, -0.15) is 8.78 Å². The molecule has 1 aliphatic heterocycles. The predicted octanol–water partition coefficient (Wildman–Crippen LogP) is 3.51. The van der Waals surface area contributed by atoms with Gasteiger partial charge < -0.3 is 19.5 Å². The first-order chi connectivity index (χ1) is 15.3. The van der Waals surface area contributed by atoms with Crippen LogP contribution in [0.1, 0.15) is 15.9 Å². The van der Waals surface area contributed by atoms with Crippen LogP contribution in [-0.4, -0.2) is 40.2 Å². The number of alkyl halides is 2. The summed E-state index contributed by atoms with van der Waals surface area (Å²) in [6.45, 7) is -3.63.